The molecule has 1 aromatic carbocycles. The third-order valence-electron chi connectivity index (χ3n) is 2.90. The molecule has 0 aliphatic heterocycles. The van der Waals surface area contributed by atoms with E-state index >= 15 is 0 Å². The summed E-state index contributed by atoms with van der Waals surface area (Å²) in [7, 11) is 0. The maximum atomic E-state index is 4.13. The number of aromatic nitrogens is 2. The van der Waals surface area contributed by atoms with Crippen LogP contribution in [0.2, 0.25) is 0 Å². The Kier molecular flexibility index (Phi) is 4.08. The van der Waals surface area contributed by atoms with Crippen molar-refractivity contribution in [1.82, 2.24) is 10.2 Å². The molecule has 0 aliphatic carbocycles. The van der Waals surface area contributed by atoms with Crippen molar-refractivity contribution in [2.24, 2.45) is 0 Å². The number of aryl methyl sites for hydroxylation is 1. The molecule has 0 spiro atoms. The SMILES string of the molecule is CCc1nnc(NCc2ccc(-c3ccccc3)s2)s1. The van der Waals surface area contributed by atoms with Gasteiger partial charge in [0.1, 0.15) is 5.01 Å². The van der Waals surface area contributed by atoms with Crippen molar-refractivity contribution in [2.75, 3.05) is 5.32 Å². The molecule has 0 saturated carbocycles. The van der Waals surface area contributed by atoms with Crippen molar-refractivity contribution < 1.29 is 0 Å². The molecule has 2 heterocycles. The van der Waals surface area contributed by atoms with Crippen molar-refractivity contribution in [3.63, 3.8) is 0 Å². The first-order chi connectivity index (χ1) is 9.85. The highest BCUT2D eigenvalue weighted by molar-refractivity contribution is 7.16. The third-order valence-corrected chi connectivity index (χ3v) is 5.06. The van der Waals surface area contributed by atoms with Gasteiger partial charge in [-0.1, -0.05) is 48.6 Å². The predicted molar refractivity (Wildman–Crippen MR) is 86.4 cm³/mol. The van der Waals surface area contributed by atoms with Gasteiger partial charge in [0.15, 0.2) is 0 Å². The topological polar surface area (TPSA) is 37.8 Å². The molecule has 0 fully saturated rings. The maximum absolute atomic E-state index is 4.13. The Bertz CT molecular complexity index is 673. The Hall–Kier alpha value is -1.72. The molecule has 2 aromatic heterocycles. The number of anilines is 1. The van der Waals surface area contributed by atoms with E-state index in [0.29, 0.717) is 0 Å². The molecule has 3 nitrogen and oxygen atoms in total. The molecule has 0 aliphatic rings. The van der Waals surface area contributed by atoms with Crippen LogP contribution >= 0.6 is 22.7 Å². The minimum atomic E-state index is 0.801. The Morgan fingerprint density at radius 2 is 1.85 bits per heavy atom. The lowest BCUT2D eigenvalue weighted by Crippen LogP contribution is -1.96. The normalized spacial score (nSPS) is 10.7. The molecule has 3 aromatic rings. The monoisotopic (exact) mass is 301 g/mol. The third kappa shape index (κ3) is 3.05. The quantitative estimate of drug-likeness (QED) is 0.757. The first-order valence-electron chi connectivity index (χ1n) is 6.55. The Morgan fingerprint density at radius 3 is 2.60 bits per heavy atom. The van der Waals surface area contributed by atoms with Gasteiger partial charge in [0.25, 0.3) is 0 Å². The van der Waals surface area contributed by atoms with E-state index in [1.165, 1.54) is 15.3 Å². The van der Waals surface area contributed by atoms with Gasteiger partial charge in [-0.2, -0.15) is 0 Å². The number of thiophene rings is 1. The van der Waals surface area contributed by atoms with Gasteiger partial charge in [0.2, 0.25) is 5.13 Å². The van der Waals surface area contributed by atoms with Gasteiger partial charge in [-0.25, -0.2) is 0 Å². The van der Waals surface area contributed by atoms with Gasteiger partial charge in [0, 0.05) is 9.75 Å². The summed E-state index contributed by atoms with van der Waals surface area (Å²) in [6.45, 7) is 2.89. The van der Waals surface area contributed by atoms with E-state index < -0.39 is 0 Å². The standard InChI is InChI=1S/C15H15N3S2/c1-2-14-17-18-15(20-14)16-10-12-8-9-13(19-12)11-6-4-3-5-7-11/h3-9H,2,10H2,1H3,(H,16,18). The molecule has 0 bridgehead atoms. The van der Waals surface area contributed by atoms with Crippen LogP contribution in [0.4, 0.5) is 5.13 Å². The second-order valence-corrected chi connectivity index (χ2v) is 6.57. The second-order valence-electron chi connectivity index (χ2n) is 4.34. The van der Waals surface area contributed by atoms with Crippen LogP contribution in [0.5, 0.6) is 0 Å². The van der Waals surface area contributed by atoms with Crippen LogP contribution in [0.3, 0.4) is 0 Å². The van der Waals surface area contributed by atoms with E-state index in [4.69, 9.17) is 0 Å². The summed E-state index contributed by atoms with van der Waals surface area (Å²) in [5.74, 6) is 0. The van der Waals surface area contributed by atoms with E-state index in [9.17, 15) is 0 Å². The largest absolute Gasteiger partial charge is 0.355 e. The minimum absolute atomic E-state index is 0.801. The van der Waals surface area contributed by atoms with Crippen LogP contribution in [0.15, 0.2) is 42.5 Å². The summed E-state index contributed by atoms with van der Waals surface area (Å²) in [4.78, 5) is 2.60. The molecule has 0 atom stereocenters. The van der Waals surface area contributed by atoms with Gasteiger partial charge in [-0.3, -0.25) is 0 Å². The molecule has 20 heavy (non-hydrogen) atoms. The fraction of sp³-hybridized carbons (Fsp3) is 0.200. The maximum Gasteiger partial charge on any atom is 0.205 e. The van der Waals surface area contributed by atoms with Crippen molar-refractivity contribution in [3.8, 4) is 10.4 Å². The van der Waals surface area contributed by atoms with Gasteiger partial charge in [-0.05, 0) is 24.1 Å². The summed E-state index contributed by atoms with van der Waals surface area (Å²) in [6, 6.07) is 14.8. The average molecular weight is 301 g/mol. The lowest BCUT2D eigenvalue weighted by atomic mass is 10.2. The van der Waals surface area contributed by atoms with Crippen molar-refractivity contribution in [2.45, 2.75) is 19.9 Å². The predicted octanol–water partition coefficient (Wildman–Crippen LogP) is 4.44. The molecule has 0 saturated heterocycles. The van der Waals surface area contributed by atoms with Crippen molar-refractivity contribution in [1.29, 1.82) is 0 Å². The molecular weight excluding hydrogens is 286 g/mol. The number of hydrogen-bond acceptors (Lipinski definition) is 5. The summed E-state index contributed by atoms with van der Waals surface area (Å²) in [6.07, 6.45) is 0.941. The smallest absolute Gasteiger partial charge is 0.205 e. The zero-order valence-electron chi connectivity index (χ0n) is 11.2. The highest BCUT2D eigenvalue weighted by Gasteiger charge is 2.05. The van der Waals surface area contributed by atoms with Crippen LogP contribution in [-0.2, 0) is 13.0 Å². The fourth-order valence-corrected chi connectivity index (χ4v) is 3.49. The second kappa shape index (κ2) is 6.15. The van der Waals surface area contributed by atoms with Crippen LogP contribution in [0, 0.1) is 0 Å². The Balaban J connectivity index is 1.65. The van der Waals surface area contributed by atoms with E-state index in [1.54, 1.807) is 11.3 Å². The van der Waals surface area contributed by atoms with Crippen molar-refractivity contribution in [3.05, 3.63) is 52.3 Å². The number of rotatable bonds is 5. The molecule has 102 valence electrons. The van der Waals surface area contributed by atoms with Gasteiger partial charge in [0.05, 0.1) is 6.54 Å². The number of benzene rings is 1. The molecule has 0 radical (unpaired) electrons. The number of nitrogens with one attached hydrogen (secondary N) is 1. The van der Waals surface area contributed by atoms with Crippen LogP contribution in [-0.4, -0.2) is 10.2 Å². The lowest BCUT2D eigenvalue weighted by molar-refractivity contribution is 0.977. The lowest BCUT2D eigenvalue weighted by Gasteiger charge is -1.98. The van der Waals surface area contributed by atoms with Crippen LogP contribution in [0.25, 0.3) is 10.4 Å². The highest BCUT2D eigenvalue weighted by atomic mass is 32.1. The highest BCUT2D eigenvalue weighted by Crippen LogP contribution is 2.28. The molecule has 0 unspecified atom stereocenters. The van der Waals surface area contributed by atoms with Crippen LogP contribution < -0.4 is 5.32 Å². The number of nitrogens with zero attached hydrogens (tertiary/aromatic N) is 2. The zero-order valence-corrected chi connectivity index (χ0v) is 12.8. The Labute approximate surface area is 126 Å². The summed E-state index contributed by atoms with van der Waals surface area (Å²) < 4.78 is 0. The molecule has 5 heteroatoms. The zero-order chi connectivity index (χ0) is 13.8. The van der Waals surface area contributed by atoms with Gasteiger partial charge in [-0.15, -0.1) is 21.5 Å². The Morgan fingerprint density at radius 1 is 1.00 bits per heavy atom. The summed E-state index contributed by atoms with van der Waals surface area (Å²) >= 11 is 3.44. The average Bonchev–Trinajstić information content (AvgIpc) is 3.15. The summed E-state index contributed by atoms with van der Waals surface area (Å²) in [5.41, 5.74) is 1.27. The number of hydrogen-bond donors (Lipinski definition) is 1. The molecule has 0 amide bonds. The molecule has 1 N–H and O–H groups in total. The van der Waals surface area contributed by atoms with E-state index in [2.05, 4.69) is 58.8 Å². The fourth-order valence-electron chi connectivity index (χ4n) is 1.86. The minimum Gasteiger partial charge on any atom is -0.355 e. The van der Waals surface area contributed by atoms with Crippen molar-refractivity contribution >= 4 is 27.8 Å². The van der Waals surface area contributed by atoms with E-state index in [0.717, 1.165) is 23.1 Å². The summed E-state index contributed by atoms with van der Waals surface area (Å²) in [5, 5.41) is 13.5. The molecular formula is C15H15N3S2. The molecule has 3 rings (SSSR count). The first kappa shape index (κ1) is 13.3. The van der Waals surface area contributed by atoms with Gasteiger partial charge >= 0.3 is 0 Å². The van der Waals surface area contributed by atoms with E-state index in [1.807, 2.05) is 17.4 Å². The van der Waals surface area contributed by atoms with Crippen LogP contribution in [0.1, 0.15) is 16.8 Å². The first-order valence-corrected chi connectivity index (χ1v) is 8.19. The van der Waals surface area contributed by atoms with E-state index in [-0.39, 0.29) is 0 Å². The van der Waals surface area contributed by atoms with Gasteiger partial charge < -0.3 is 5.32 Å².